The summed E-state index contributed by atoms with van der Waals surface area (Å²) in [5.41, 5.74) is 3.30. The first-order chi connectivity index (χ1) is 10.8. The Labute approximate surface area is 130 Å². The van der Waals surface area contributed by atoms with Gasteiger partial charge in [0.1, 0.15) is 12.2 Å². The minimum Gasteiger partial charge on any atom is -0.383 e. The van der Waals surface area contributed by atoms with E-state index < -0.39 is 0 Å². The molecule has 0 aliphatic heterocycles. The molecule has 1 N–H and O–H groups in total. The van der Waals surface area contributed by atoms with Gasteiger partial charge >= 0.3 is 0 Å². The van der Waals surface area contributed by atoms with Gasteiger partial charge in [-0.3, -0.25) is 4.98 Å². The molecule has 0 atom stereocenters. The second-order valence-corrected chi connectivity index (χ2v) is 5.25. The van der Waals surface area contributed by atoms with Crippen LogP contribution in [-0.4, -0.2) is 26.3 Å². The molecule has 0 bridgehead atoms. The van der Waals surface area contributed by atoms with E-state index in [1.807, 2.05) is 6.07 Å². The molecule has 2 aromatic heterocycles. The molecule has 3 aromatic rings. The first kappa shape index (κ1) is 14.5. The summed E-state index contributed by atoms with van der Waals surface area (Å²) in [6.07, 6.45) is 3.63. The first-order valence-corrected chi connectivity index (χ1v) is 7.81. The maximum Gasteiger partial charge on any atom is 0.132 e. The van der Waals surface area contributed by atoms with Crippen LogP contribution in [0.1, 0.15) is 25.4 Å². The third-order valence-electron chi connectivity index (χ3n) is 3.81. The molecule has 0 amide bonds. The SMILES string of the molecule is CCc1cc(NCCn2cnnc2CC)c2ccccc2n1. The highest BCUT2D eigenvalue weighted by Crippen LogP contribution is 2.23. The highest BCUT2D eigenvalue weighted by molar-refractivity contribution is 5.91. The lowest BCUT2D eigenvalue weighted by Crippen LogP contribution is -2.12. The second-order valence-electron chi connectivity index (χ2n) is 5.25. The van der Waals surface area contributed by atoms with Crippen LogP contribution in [0.5, 0.6) is 0 Å². The van der Waals surface area contributed by atoms with Gasteiger partial charge in [-0.1, -0.05) is 32.0 Å². The third kappa shape index (κ3) is 2.93. The first-order valence-electron chi connectivity index (χ1n) is 7.81. The van der Waals surface area contributed by atoms with Gasteiger partial charge in [0, 0.05) is 36.3 Å². The number of benzene rings is 1. The molecular weight excluding hydrogens is 274 g/mol. The molecule has 22 heavy (non-hydrogen) atoms. The topological polar surface area (TPSA) is 55.6 Å². The molecule has 5 heteroatoms. The van der Waals surface area contributed by atoms with E-state index in [9.17, 15) is 0 Å². The van der Waals surface area contributed by atoms with Crippen LogP contribution >= 0.6 is 0 Å². The van der Waals surface area contributed by atoms with Crippen molar-refractivity contribution in [2.75, 3.05) is 11.9 Å². The van der Waals surface area contributed by atoms with Crippen molar-refractivity contribution in [3.8, 4) is 0 Å². The fraction of sp³-hybridized carbons (Fsp3) is 0.353. The number of hydrogen-bond donors (Lipinski definition) is 1. The van der Waals surface area contributed by atoms with E-state index in [0.29, 0.717) is 0 Å². The van der Waals surface area contributed by atoms with Crippen molar-refractivity contribution in [1.82, 2.24) is 19.7 Å². The maximum absolute atomic E-state index is 4.67. The van der Waals surface area contributed by atoms with Crippen LogP contribution in [0.4, 0.5) is 5.69 Å². The van der Waals surface area contributed by atoms with Gasteiger partial charge in [-0.2, -0.15) is 0 Å². The molecule has 5 nitrogen and oxygen atoms in total. The van der Waals surface area contributed by atoms with Gasteiger partial charge in [-0.15, -0.1) is 10.2 Å². The van der Waals surface area contributed by atoms with Gasteiger partial charge in [0.25, 0.3) is 0 Å². The molecular formula is C17H21N5. The van der Waals surface area contributed by atoms with Crippen LogP contribution in [0.25, 0.3) is 10.9 Å². The maximum atomic E-state index is 4.67. The van der Waals surface area contributed by atoms with Gasteiger partial charge in [0.15, 0.2) is 0 Å². The van der Waals surface area contributed by atoms with Crippen molar-refractivity contribution >= 4 is 16.6 Å². The van der Waals surface area contributed by atoms with E-state index in [4.69, 9.17) is 0 Å². The van der Waals surface area contributed by atoms with E-state index in [2.05, 4.69) is 63.2 Å². The minimum absolute atomic E-state index is 0.836. The molecule has 1 aromatic carbocycles. The molecule has 0 radical (unpaired) electrons. The Balaban J connectivity index is 1.78. The van der Waals surface area contributed by atoms with E-state index >= 15 is 0 Å². The van der Waals surface area contributed by atoms with Gasteiger partial charge in [-0.25, -0.2) is 0 Å². The fourth-order valence-electron chi connectivity index (χ4n) is 2.61. The number of anilines is 1. The van der Waals surface area contributed by atoms with E-state index in [0.717, 1.165) is 48.7 Å². The van der Waals surface area contributed by atoms with Gasteiger partial charge in [0.05, 0.1) is 5.52 Å². The molecule has 3 rings (SSSR count). The van der Waals surface area contributed by atoms with Crippen molar-refractivity contribution in [2.45, 2.75) is 33.2 Å². The number of nitrogens with one attached hydrogen (secondary N) is 1. The third-order valence-corrected chi connectivity index (χ3v) is 3.81. The standard InChI is InChI=1S/C17H21N5/c1-3-13-11-16(14-7-5-6-8-15(14)20-13)18-9-10-22-12-19-21-17(22)4-2/h5-8,11-12H,3-4,9-10H2,1-2H3,(H,18,20). The Bertz CT molecular complexity index is 763. The number of hydrogen-bond acceptors (Lipinski definition) is 4. The zero-order valence-electron chi connectivity index (χ0n) is 13.1. The summed E-state index contributed by atoms with van der Waals surface area (Å²) < 4.78 is 2.09. The smallest absolute Gasteiger partial charge is 0.132 e. The van der Waals surface area contributed by atoms with E-state index in [-0.39, 0.29) is 0 Å². The molecule has 0 aliphatic carbocycles. The van der Waals surface area contributed by atoms with Crippen molar-refractivity contribution in [3.63, 3.8) is 0 Å². The molecule has 114 valence electrons. The van der Waals surface area contributed by atoms with Crippen molar-refractivity contribution in [3.05, 3.63) is 48.2 Å². The van der Waals surface area contributed by atoms with Gasteiger partial charge in [-0.05, 0) is 18.6 Å². The summed E-state index contributed by atoms with van der Waals surface area (Å²) in [5.74, 6) is 1.02. The molecule has 0 saturated carbocycles. The molecule has 0 spiro atoms. The number of para-hydroxylation sites is 1. The van der Waals surface area contributed by atoms with E-state index in [1.54, 1.807) is 6.33 Å². The monoisotopic (exact) mass is 295 g/mol. The van der Waals surface area contributed by atoms with Crippen LogP contribution in [0, 0.1) is 0 Å². The molecule has 0 aliphatic rings. The largest absolute Gasteiger partial charge is 0.383 e. The molecule has 0 saturated heterocycles. The second kappa shape index (κ2) is 6.56. The van der Waals surface area contributed by atoms with Crippen LogP contribution < -0.4 is 5.32 Å². The van der Waals surface area contributed by atoms with Crippen molar-refractivity contribution in [1.29, 1.82) is 0 Å². The average molecular weight is 295 g/mol. The van der Waals surface area contributed by atoms with Crippen molar-refractivity contribution in [2.24, 2.45) is 0 Å². The molecule has 2 heterocycles. The van der Waals surface area contributed by atoms with Crippen molar-refractivity contribution < 1.29 is 0 Å². The summed E-state index contributed by atoms with van der Waals surface area (Å²) in [7, 11) is 0. The number of rotatable bonds is 6. The lowest BCUT2D eigenvalue weighted by atomic mass is 10.1. The Morgan fingerprint density at radius 3 is 2.82 bits per heavy atom. The Hall–Kier alpha value is -2.43. The van der Waals surface area contributed by atoms with Crippen LogP contribution in [0.15, 0.2) is 36.7 Å². The highest BCUT2D eigenvalue weighted by atomic mass is 15.3. The van der Waals surface area contributed by atoms with Crippen LogP contribution in [0.3, 0.4) is 0 Å². The normalized spacial score (nSPS) is 11.0. The van der Waals surface area contributed by atoms with Crippen LogP contribution in [-0.2, 0) is 19.4 Å². The average Bonchev–Trinajstić information content (AvgIpc) is 3.02. The summed E-state index contributed by atoms with van der Waals surface area (Å²) >= 11 is 0. The van der Waals surface area contributed by atoms with Gasteiger partial charge in [0.2, 0.25) is 0 Å². The Morgan fingerprint density at radius 2 is 2.00 bits per heavy atom. The zero-order valence-corrected chi connectivity index (χ0v) is 13.1. The molecule has 0 fully saturated rings. The number of aromatic nitrogens is 4. The number of fused-ring (bicyclic) bond motifs is 1. The number of aryl methyl sites for hydroxylation is 2. The predicted molar refractivity (Wildman–Crippen MR) is 89.0 cm³/mol. The van der Waals surface area contributed by atoms with E-state index in [1.165, 1.54) is 5.39 Å². The number of nitrogens with zero attached hydrogens (tertiary/aromatic N) is 4. The predicted octanol–water partition coefficient (Wildman–Crippen LogP) is 3.06. The Kier molecular flexibility index (Phi) is 4.32. The Morgan fingerprint density at radius 1 is 1.14 bits per heavy atom. The zero-order chi connectivity index (χ0) is 15.4. The molecule has 0 unspecified atom stereocenters. The summed E-state index contributed by atoms with van der Waals surface area (Å²) in [6.45, 7) is 5.92. The number of pyridine rings is 1. The highest BCUT2D eigenvalue weighted by Gasteiger charge is 2.05. The summed E-state index contributed by atoms with van der Waals surface area (Å²) in [6, 6.07) is 10.4. The quantitative estimate of drug-likeness (QED) is 0.759. The van der Waals surface area contributed by atoms with Gasteiger partial charge < -0.3 is 9.88 Å². The lowest BCUT2D eigenvalue weighted by Gasteiger charge is -2.12. The summed E-state index contributed by atoms with van der Waals surface area (Å²) in [5, 5.41) is 12.8. The van der Waals surface area contributed by atoms with Crippen LogP contribution in [0.2, 0.25) is 0 Å². The lowest BCUT2D eigenvalue weighted by molar-refractivity contribution is 0.681. The fourth-order valence-corrected chi connectivity index (χ4v) is 2.61. The minimum atomic E-state index is 0.836. The summed E-state index contributed by atoms with van der Waals surface area (Å²) in [4.78, 5) is 4.67.